The van der Waals surface area contributed by atoms with Crippen molar-refractivity contribution >= 4 is 5.91 Å². The molecule has 0 aliphatic carbocycles. The molecule has 5 heteroatoms. The summed E-state index contributed by atoms with van der Waals surface area (Å²) in [6.45, 7) is 2.41. The van der Waals surface area contributed by atoms with Crippen LogP contribution in [0.15, 0.2) is 48.5 Å². The van der Waals surface area contributed by atoms with Crippen LogP contribution in [0.3, 0.4) is 0 Å². The molecule has 1 atom stereocenters. The van der Waals surface area contributed by atoms with Crippen molar-refractivity contribution in [2.24, 2.45) is 0 Å². The van der Waals surface area contributed by atoms with E-state index in [-0.39, 0.29) is 18.5 Å². The van der Waals surface area contributed by atoms with Crippen LogP contribution < -0.4 is 10.6 Å². The van der Waals surface area contributed by atoms with E-state index in [4.69, 9.17) is 0 Å². The van der Waals surface area contributed by atoms with Gasteiger partial charge in [0.1, 0.15) is 11.6 Å². The van der Waals surface area contributed by atoms with Crippen LogP contribution in [0.25, 0.3) is 0 Å². The smallest absolute Gasteiger partial charge is 0.233 e. The average molecular weight is 332 g/mol. The maximum absolute atomic E-state index is 13.7. The molecule has 0 radical (unpaired) electrons. The SMILES string of the molecule is CC(NCC(=O)NCCCc1ccccc1)c1ccc(F)cc1F. The predicted octanol–water partition coefficient (Wildman–Crippen LogP) is 3.36. The van der Waals surface area contributed by atoms with Gasteiger partial charge in [-0.1, -0.05) is 36.4 Å². The van der Waals surface area contributed by atoms with Crippen LogP contribution in [0.4, 0.5) is 8.78 Å². The van der Waals surface area contributed by atoms with Gasteiger partial charge in [-0.05, 0) is 31.4 Å². The number of carbonyl (C=O) groups is 1. The first-order valence-corrected chi connectivity index (χ1v) is 8.05. The fourth-order valence-corrected chi connectivity index (χ4v) is 2.44. The van der Waals surface area contributed by atoms with Crippen molar-refractivity contribution in [2.75, 3.05) is 13.1 Å². The molecule has 0 fully saturated rings. The highest BCUT2D eigenvalue weighted by Gasteiger charge is 2.12. The number of benzene rings is 2. The summed E-state index contributed by atoms with van der Waals surface area (Å²) in [4.78, 5) is 11.8. The molecular formula is C19H22F2N2O. The van der Waals surface area contributed by atoms with Crippen LogP contribution in [0.1, 0.15) is 30.5 Å². The summed E-state index contributed by atoms with van der Waals surface area (Å²) < 4.78 is 26.6. The summed E-state index contributed by atoms with van der Waals surface area (Å²) in [6.07, 6.45) is 1.77. The topological polar surface area (TPSA) is 41.1 Å². The van der Waals surface area contributed by atoms with Crippen molar-refractivity contribution in [1.29, 1.82) is 0 Å². The van der Waals surface area contributed by atoms with E-state index in [2.05, 4.69) is 22.8 Å². The van der Waals surface area contributed by atoms with Gasteiger partial charge in [0.05, 0.1) is 6.54 Å². The molecule has 2 N–H and O–H groups in total. The minimum atomic E-state index is -0.613. The lowest BCUT2D eigenvalue weighted by Gasteiger charge is -2.15. The summed E-state index contributed by atoms with van der Waals surface area (Å²) >= 11 is 0. The van der Waals surface area contributed by atoms with Crippen LogP contribution in [0, 0.1) is 11.6 Å². The molecule has 2 rings (SSSR count). The van der Waals surface area contributed by atoms with Crippen molar-refractivity contribution in [3.63, 3.8) is 0 Å². The monoisotopic (exact) mass is 332 g/mol. The molecular weight excluding hydrogens is 310 g/mol. The molecule has 128 valence electrons. The molecule has 0 aromatic heterocycles. The Morgan fingerprint density at radius 3 is 2.58 bits per heavy atom. The summed E-state index contributed by atoms with van der Waals surface area (Å²) in [6, 6.07) is 13.1. The van der Waals surface area contributed by atoms with Gasteiger partial charge in [-0.3, -0.25) is 4.79 Å². The maximum atomic E-state index is 13.7. The lowest BCUT2D eigenvalue weighted by Crippen LogP contribution is -2.35. The number of amides is 1. The molecule has 0 saturated carbocycles. The number of aryl methyl sites for hydroxylation is 1. The second kappa shape index (κ2) is 9.13. The standard InChI is InChI=1S/C19H22F2N2O/c1-14(17-10-9-16(20)12-18(17)21)23-13-19(24)22-11-5-8-15-6-3-2-4-7-15/h2-4,6-7,9-10,12,14,23H,5,8,11,13H2,1H3,(H,22,24). The van der Waals surface area contributed by atoms with Crippen LogP contribution in [-0.4, -0.2) is 19.0 Å². The lowest BCUT2D eigenvalue weighted by molar-refractivity contribution is -0.120. The number of hydrogen-bond donors (Lipinski definition) is 2. The number of halogens is 2. The van der Waals surface area contributed by atoms with E-state index in [0.29, 0.717) is 12.1 Å². The fourth-order valence-electron chi connectivity index (χ4n) is 2.44. The highest BCUT2D eigenvalue weighted by molar-refractivity contribution is 5.78. The first-order valence-electron chi connectivity index (χ1n) is 8.05. The second-order valence-electron chi connectivity index (χ2n) is 5.71. The van der Waals surface area contributed by atoms with Gasteiger partial charge in [0, 0.05) is 24.2 Å². The Kier molecular flexibility index (Phi) is 6.88. The summed E-state index contributed by atoms with van der Waals surface area (Å²) in [7, 11) is 0. The van der Waals surface area contributed by atoms with E-state index in [1.165, 1.54) is 17.7 Å². The molecule has 0 aliphatic heterocycles. The fraction of sp³-hybridized carbons (Fsp3) is 0.316. The molecule has 1 amide bonds. The normalized spacial score (nSPS) is 12.0. The van der Waals surface area contributed by atoms with Crippen molar-refractivity contribution in [3.05, 3.63) is 71.3 Å². The zero-order valence-electron chi connectivity index (χ0n) is 13.7. The summed E-state index contributed by atoms with van der Waals surface area (Å²) in [5, 5.41) is 5.77. The Hall–Kier alpha value is -2.27. The van der Waals surface area contributed by atoms with E-state index in [1.807, 2.05) is 18.2 Å². The molecule has 0 saturated heterocycles. The molecule has 24 heavy (non-hydrogen) atoms. The Morgan fingerprint density at radius 1 is 1.12 bits per heavy atom. The number of rotatable bonds is 8. The highest BCUT2D eigenvalue weighted by atomic mass is 19.1. The number of nitrogens with one attached hydrogen (secondary N) is 2. The Bertz CT molecular complexity index is 662. The van der Waals surface area contributed by atoms with Crippen molar-refractivity contribution < 1.29 is 13.6 Å². The number of hydrogen-bond acceptors (Lipinski definition) is 2. The van der Waals surface area contributed by atoms with Crippen molar-refractivity contribution in [3.8, 4) is 0 Å². The van der Waals surface area contributed by atoms with Gasteiger partial charge in [-0.2, -0.15) is 0 Å². The van der Waals surface area contributed by atoms with E-state index >= 15 is 0 Å². The zero-order valence-corrected chi connectivity index (χ0v) is 13.7. The van der Waals surface area contributed by atoms with Crippen molar-refractivity contribution in [1.82, 2.24) is 10.6 Å². The Balaban J connectivity index is 1.67. The molecule has 3 nitrogen and oxygen atoms in total. The van der Waals surface area contributed by atoms with Crippen LogP contribution in [0.2, 0.25) is 0 Å². The van der Waals surface area contributed by atoms with Crippen LogP contribution in [0.5, 0.6) is 0 Å². The van der Waals surface area contributed by atoms with Crippen LogP contribution in [-0.2, 0) is 11.2 Å². The van der Waals surface area contributed by atoms with E-state index in [1.54, 1.807) is 6.92 Å². The Morgan fingerprint density at radius 2 is 1.88 bits per heavy atom. The molecule has 0 aliphatic rings. The first-order chi connectivity index (χ1) is 11.6. The third-order valence-electron chi connectivity index (χ3n) is 3.81. The van der Waals surface area contributed by atoms with E-state index in [9.17, 15) is 13.6 Å². The van der Waals surface area contributed by atoms with Gasteiger partial charge in [0.2, 0.25) is 5.91 Å². The molecule has 2 aromatic rings. The summed E-state index contributed by atoms with van der Waals surface area (Å²) in [5.74, 6) is -1.37. The third kappa shape index (κ3) is 5.74. The highest BCUT2D eigenvalue weighted by Crippen LogP contribution is 2.17. The van der Waals surface area contributed by atoms with Crippen LogP contribution >= 0.6 is 0 Å². The minimum absolute atomic E-state index is 0.0866. The predicted molar refractivity (Wildman–Crippen MR) is 90.5 cm³/mol. The quantitative estimate of drug-likeness (QED) is 0.728. The van der Waals surface area contributed by atoms with Gasteiger partial charge in [0.15, 0.2) is 0 Å². The minimum Gasteiger partial charge on any atom is -0.355 e. The Labute approximate surface area is 141 Å². The largest absolute Gasteiger partial charge is 0.355 e. The van der Waals surface area contributed by atoms with Gasteiger partial charge in [-0.15, -0.1) is 0 Å². The van der Waals surface area contributed by atoms with Gasteiger partial charge >= 0.3 is 0 Å². The zero-order chi connectivity index (χ0) is 17.4. The molecule has 2 aromatic carbocycles. The van der Waals surface area contributed by atoms with Gasteiger partial charge in [-0.25, -0.2) is 8.78 Å². The lowest BCUT2D eigenvalue weighted by atomic mass is 10.1. The van der Waals surface area contributed by atoms with Gasteiger partial charge < -0.3 is 10.6 Å². The average Bonchev–Trinajstić information content (AvgIpc) is 2.57. The van der Waals surface area contributed by atoms with E-state index in [0.717, 1.165) is 18.9 Å². The maximum Gasteiger partial charge on any atom is 0.233 e. The molecule has 1 unspecified atom stereocenters. The second-order valence-corrected chi connectivity index (χ2v) is 5.71. The summed E-state index contributed by atoms with van der Waals surface area (Å²) in [5.41, 5.74) is 1.58. The first kappa shape index (κ1) is 18.1. The van der Waals surface area contributed by atoms with E-state index < -0.39 is 11.6 Å². The molecule has 0 spiro atoms. The number of carbonyl (C=O) groups excluding carboxylic acids is 1. The third-order valence-corrected chi connectivity index (χ3v) is 3.81. The molecule has 0 bridgehead atoms. The van der Waals surface area contributed by atoms with Gasteiger partial charge in [0.25, 0.3) is 0 Å². The molecule has 0 heterocycles. The van der Waals surface area contributed by atoms with Crippen molar-refractivity contribution in [2.45, 2.75) is 25.8 Å².